The summed E-state index contributed by atoms with van der Waals surface area (Å²) in [7, 11) is 0. The highest BCUT2D eigenvalue weighted by Crippen LogP contribution is 2.28. The average molecular weight is 323 g/mol. The standard InChI is InChI=1S/C17H16Cl2O2/c1-2-3-4-12-5-7-13(8-6-12)17(20)21-16-11-14(18)9-10-15(16)19/h5-11H,2-4H2,1H3. The van der Waals surface area contributed by atoms with E-state index in [2.05, 4.69) is 6.92 Å². The van der Waals surface area contributed by atoms with Gasteiger partial charge in [0, 0.05) is 11.1 Å². The molecule has 0 fully saturated rings. The highest BCUT2D eigenvalue weighted by Gasteiger charge is 2.11. The summed E-state index contributed by atoms with van der Waals surface area (Å²) in [6.45, 7) is 2.15. The van der Waals surface area contributed by atoms with Crippen LogP contribution < -0.4 is 4.74 Å². The van der Waals surface area contributed by atoms with Gasteiger partial charge >= 0.3 is 5.97 Å². The van der Waals surface area contributed by atoms with E-state index in [0.717, 1.165) is 19.3 Å². The zero-order chi connectivity index (χ0) is 15.2. The Balaban J connectivity index is 2.07. The monoisotopic (exact) mass is 322 g/mol. The van der Waals surface area contributed by atoms with Gasteiger partial charge in [0.05, 0.1) is 10.6 Å². The molecular weight excluding hydrogens is 307 g/mol. The van der Waals surface area contributed by atoms with Crippen LogP contribution in [0.3, 0.4) is 0 Å². The molecule has 0 N–H and O–H groups in total. The Hall–Kier alpha value is -1.51. The summed E-state index contributed by atoms with van der Waals surface area (Å²) in [6, 6.07) is 12.2. The minimum atomic E-state index is -0.443. The Bertz CT molecular complexity index is 621. The lowest BCUT2D eigenvalue weighted by atomic mass is 10.1. The van der Waals surface area contributed by atoms with E-state index in [1.807, 2.05) is 12.1 Å². The van der Waals surface area contributed by atoms with Gasteiger partial charge in [0.25, 0.3) is 0 Å². The van der Waals surface area contributed by atoms with E-state index in [0.29, 0.717) is 15.6 Å². The van der Waals surface area contributed by atoms with Gasteiger partial charge in [-0.3, -0.25) is 0 Å². The molecule has 0 amide bonds. The van der Waals surface area contributed by atoms with Crippen molar-refractivity contribution in [3.05, 3.63) is 63.6 Å². The van der Waals surface area contributed by atoms with Gasteiger partial charge in [-0.1, -0.05) is 48.7 Å². The topological polar surface area (TPSA) is 26.3 Å². The average Bonchev–Trinajstić information content (AvgIpc) is 2.49. The molecular formula is C17H16Cl2O2. The number of aryl methyl sites for hydroxylation is 1. The second kappa shape index (κ2) is 7.48. The lowest BCUT2D eigenvalue weighted by Crippen LogP contribution is -2.08. The molecule has 0 aliphatic carbocycles. The highest BCUT2D eigenvalue weighted by molar-refractivity contribution is 6.34. The van der Waals surface area contributed by atoms with Crippen LogP contribution in [0.5, 0.6) is 5.75 Å². The van der Waals surface area contributed by atoms with Crippen LogP contribution in [0.25, 0.3) is 0 Å². The number of ether oxygens (including phenoxy) is 1. The lowest BCUT2D eigenvalue weighted by molar-refractivity contribution is 0.0735. The van der Waals surface area contributed by atoms with Crippen LogP contribution >= 0.6 is 23.2 Å². The van der Waals surface area contributed by atoms with E-state index in [-0.39, 0.29) is 5.75 Å². The smallest absolute Gasteiger partial charge is 0.343 e. The number of rotatable bonds is 5. The van der Waals surface area contributed by atoms with Crippen molar-refractivity contribution in [3.8, 4) is 5.75 Å². The third-order valence-corrected chi connectivity index (χ3v) is 3.65. The van der Waals surface area contributed by atoms with E-state index >= 15 is 0 Å². The summed E-state index contributed by atoms with van der Waals surface area (Å²) in [5.74, 6) is -0.176. The van der Waals surface area contributed by atoms with Crippen LogP contribution in [-0.2, 0) is 6.42 Å². The molecule has 0 aliphatic rings. The summed E-state index contributed by atoms with van der Waals surface area (Å²) in [5.41, 5.74) is 1.71. The molecule has 2 aromatic rings. The van der Waals surface area contributed by atoms with Gasteiger partial charge in [-0.2, -0.15) is 0 Å². The van der Waals surface area contributed by atoms with Crippen molar-refractivity contribution in [2.45, 2.75) is 26.2 Å². The fourth-order valence-electron chi connectivity index (χ4n) is 1.90. The van der Waals surface area contributed by atoms with E-state index in [1.54, 1.807) is 24.3 Å². The number of halogens is 2. The minimum absolute atomic E-state index is 0.268. The summed E-state index contributed by atoms with van der Waals surface area (Å²) in [5, 5.41) is 0.824. The van der Waals surface area contributed by atoms with E-state index in [1.165, 1.54) is 11.6 Å². The molecule has 0 radical (unpaired) electrons. The quantitative estimate of drug-likeness (QED) is 0.532. The molecule has 0 aromatic heterocycles. The second-order valence-corrected chi connectivity index (χ2v) is 5.61. The fourth-order valence-corrected chi connectivity index (χ4v) is 2.22. The van der Waals surface area contributed by atoms with Crippen LogP contribution in [0.15, 0.2) is 42.5 Å². The summed E-state index contributed by atoms with van der Waals surface area (Å²) >= 11 is 11.8. The minimum Gasteiger partial charge on any atom is -0.421 e. The zero-order valence-electron chi connectivity index (χ0n) is 11.7. The third-order valence-electron chi connectivity index (χ3n) is 3.10. The SMILES string of the molecule is CCCCc1ccc(C(=O)Oc2cc(Cl)ccc2Cl)cc1. The molecule has 0 atom stereocenters. The fraction of sp³-hybridized carbons (Fsp3) is 0.235. The predicted octanol–water partition coefficient (Wildman–Crippen LogP) is 5.56. The first-order valence-electron chi connectivity index (χ1n) is 6.86. The Labute approximate surface area is 134 Å². The van der Waals surface area contributed by atoms with Crippen LogP contribution in [0.1, 0.15) is 35.7 Å². The Morgan fingerprint density at radius 1 is 1.10 bits per heavy atom. The third kappa shape index (κ3) is 4.48. The molecule has 2 rings (SSSR count). The molecule has 0 saturated carbocycles. The number of unbranched alkanes of at least 4 members (excludes halogenated alkanes) is 1. The van der Waals surface area contributed by atoms with Crippen LogP contribution in [0.4, 0.5) is 0 Å². The summed E-state index contributed by atoms with van der Waals surface area (Å²) in [6.07, 6.45) is 3.31. The maximum Gasteiger partial charge on any atom is 0.343 e. The molecule has 110 valence electrons. The largest absolute Gasteiger partial charge is 0.421 e. The maximum atomic E-state index is 12.1. The first-order valence-corrected chi connectivity index (χ1v) is 7.62. The Kier molecular flexibility index (Phi) is 5.66. The van der Waals surface area contributed by atoms with Crippen molar-refractivity contribution in [1.82, 2.24) is 0 Å². The number of hydrogen-bond acceptors (Lipinski definition) is 2. The zero-order valence-corrected chi connectivity index (χ0v) is 13.2. The maximum absolute atomic E-state index is 12.1. The van der Waals surface area contributed by atoms with Crippen molar-refractivity contribution in [3.63, 3.8) is 0 Å². The van der Waals surface area contributed by atoms with Gasteiger partial charge in [-0.15, -0.1) is 0 Å². The van der Waals surface area contributed by atoms with Crippen molar-refractivity contribution in [1.29, 1.82) is 0 Å². The van der Waals surface area contributed by atoms with Gasteiger partial charge in [-0.25, -0.2) is 4.79 Å². The van der Waals surface area contributed by atoms with E-state index in [9.17, 15) is 4.79 Å². The number of hydrogen-bond donors (Lipinski definition) is 0. The summed E-state index contributed by atoms with van der Waals surface area (Å²) in [4.78, 5) is 12.1. The Morgan fingerprint density at radius 3 is 2.48 bits per heavy atom. The van der Waals surface area contributed by atoms with Gasteiger partial charge < -0.3 is 4.74 Å². The number of benzene rings is 2. The van der Waals surface area contributed by atoms with Gasteiger partial charge in [-0.05, 0) is 42.7 Å². The Morgan fingerprint density at radius 2 is 1.81 bits per heavy atom. The normalized spacial score (nSPS) is 10.4. The number of esters is 1. The van der Waals surface area contributed by atoms with Crippen molar-refractivity contribution in [2.75, 3.05) is 0 Å². The van der Waals surface area contributed by atoms with Crippen molar-refractivity contribution in [2.24, 2.45) is 0 Å². The lowest BCUT2D eigenvalue weighted by Gasteiger charge is -2.07. The summed E-state index contributed by atoms with van der Waals surface area (Å²) < 4.78 is 5.28. The van der Waals surface area contributed by atoms with Crippen LogP contribution in [-0.4, -0.2) is 5.97 Å². The van der Waals surface area contributed by atoms with Crippen LogP contribution in [0, 0.1) is 0 Å². The molecule has 0 aliphatic heterocycles. The number of carbonyl (C=O) groups is 1. The molecule has 0 spiro atoms. The molecule has 21 heavy (non-hydrogen) atoms. The molecule has 0 heterocycles. The van der Waals surface area contributed by atoms with Crippen molar-refractivity contribution >= 4 is 29.2 Å². The molecule has 0 bridgehead atoms. The molecule has 0 saturated heterocycles. The molecule has 0 unspecified atom stereocenters. The second-order valence-electron chi connectivity index (χ2n) is 4.76. The van der Waals surface area contributed by atoms with Gasteiger partial charge in [0.1, 0.15) is 0 Å². The number of carbonyl (C=O) groups excluding carboxylic acids is 1. The van der Waals surface area contributed by atoms with E-state index in [4.69, 9.17) is 27.9 Å². The first kappa shape index (κ1) is 15.9. The van der Waals surface area contributed by atoms with Crippen LogP contribution in [0.2, 0.25) is 10.0 Å². The van der Waals surface area contributed by atoms with E-state index < -0.39 is 5.97 Å². The van der Waals surface area contributed by atoms with Gasteiger partial charge in [0.15, 0.2) is 5.75 Å². The molecule has 4 heteroatoms. The predicted molar refractivity (Wildman–Crippen MR) is 86.5 cm³/mol. The highest BCUT2D eigenvalue weighted by atomic mass is 35.5. The molecule has 2 nitrogen and oxygen atoms in total. The van der Waals surface area contributed by atoms with Crippen molar-refractivity contribution < 1.29 is 9.53 Å². The first-order chi connectivity index (χ1) is 10.1. The van der Waals surface area contributed by atoms with Gasteiger partial charge in [0.2, 0.25) is 0 Å². The molecule has 2 aromatic carbocycles.